The largest absolute Gasteiger partial charge is 0.439 e. The number of amides is 1. The van der Waals surface area contributed by atoms with E-state index in [2.05, 4.69) is 4.99 Å². The lowest BCUT2D eigenvalue weighted by molar-refractivity contribution is 0.0971. The van der Waals surface area contributed by atoms with Gasteiger partial charge < -0.3 is 8.98 Å². The summed E-state index contributed by atoms with van der Waals surface area (Å²) in [6.07, 6.45) is 1.83. The number of aromatic nitrogens is 1. The summed E-state index contributed by atoms with van der Waals surface area (Å²) in [6.45, 7) is 0. The average Bonchev–Trinajstić information content (AvgIpc) is 2.77. The minimum absolute atomic E-state index is 0.147. The topological polar surface area (TPSA) is 47.5 Å². The average molecular weight is 243 g/mol. The van der Waals surface area contributed by atoms with E-state index in [-0.39, 0.29) is 11.0 Å². The van der Waals surface area contributed by atoms with Gasteiger partial charge in [-0.05, 0) is 23.7 Å². The summed E-state index contributed by atoms with van der Waals surface area (Å²) in [7, 11) is 1.82. The highest BCUT2D eigenvalue weighted by Crippen LogP contribution is 2.13. The number of thiazole rings is 1. The third-order valence-corrected chi connectivity index (χ3v) is 2.79. The van der Waals surface area contributed by atoms with Gasteiger partial charge in [0, 0.05) is 18.6 Å². The Morgan fingerprint density at radius 2 is 2.40 bits per heavy atom. The third-order valence-electron chi connectivity index (χ3n) is 1.74. The lowest BCUT2D eigenvalue weighted by Gasteiger charge is -1.89. The zero-order chi connectivity index (χ0) is 10.8. The minimum Gasteiger partial charge on any atom is -0.439 e. The molecular formula is C9H7ClN2O2S. The van der Waals surface area contributed by atoms with Crippen molar-refractivity contribution in [2.75, 3.05) is 0 Å². The fraction of sp³-hybridized carbons (Fsp3) is 0.111. The number of carbonyl (C=O) groups is 1. The Balaban J connectivity index is 2.35. The SMILES string of the molecule is Cn1ccsc1=NC(=O)c1ccc(Cl)o1. The molecule has 0 saturated heterocycles. The molecule has 2 aromatic rings. The van der Waals surface area contributed by atoms with Crippen LogP contribution in [0.1, 0.15) is 10.6 Å². The van der Waals surface area contributed by atoms with E-state index in [0.29, 0.717) is 4.80 Å². The molecule has 2 rings (SSSR count). The first-order chi connectivity index (χ1) is 7.16. The molecule has 0 radical (unpaired) electrons. The van der Waals surface area contributed by atoms with E-state index in [4.69, 9.17) is 16.0 Å². The van der Waals surface area contributed by atoms with Gasteiger partial charge in [-0.3, -0.25) is 4.79 Å². The molecular weight excluding hydrogens is 236 g/mol. The first-order valence-corrected chi connectivity index (χ1v) is 5.37. The summed E-state index contributed by atoms with van der Waals surface area (Å²) in [5.41, 5.74) is 0. The number of hydrogen-bond donors (Lipinski definition) is 0. The van der Waals surface area contributed by atoms with Gasteiger partial charge in [0.1, 0.15) is 0 Å². The molecule has 0 atom stereocenters. The summed E-state index contributed by atoms with van der Waals surface area (Å²) in [4.78, 5) is 16.1. The number of carbonyl (C=O) groups excluding carboxylic acids is 1. The Bertz CT molecular complexity index is 552. The van der Waals surface area contributed by atoms with Crippen LogP contribution in [0.5, 0.6) is 0 Å². The van der Waals surface area contributed by atoms with Crippen molar-refractivity contribution in [3.05, 3.63) is 39.5 Å². The zero-order valence-corrected chi connectivity index (χ0v) is 9.38. The molecule has 2 aromatic heterocycles. The molecule has 1 amide bonds. The summed E-state index contributed by atoms with van der Waals surface area (Å²) >= 11 is 6.93. The van der Waals surface area contributed by atoms with Crippen molar-refractivity contribution >= 4 is 28.8 Å². The molecule has 0 bridgehead atoms. The van der Waals surface area contributed by atoms with Gasteiger partial charge in [-0.1, -0.05) is 0 Å². The molecule has 0 unspecified atom stereocenters. The summed E-state index contributed by atoms with van der Waals surface area (Å²) in [5.74, 6) is -0.284. The number of furan rings is 1. The highest BCUT2D eigenvalue weighted by molar-refractivity contribution is 7.07. The van der Waals surface area contributed by atoms with E-state index in [9.17, 15) is 4.79 Å². The van der Waals surface area contributed by atoms with E-state index in [1.54, 1.807) is 4.57 Å². The fourth-order valence-corrected chi connectivity index (χ4v) is 1.88. The molecule has 0 spiro atoms. The molecule has 0 aromatic carbocycles. The van der Waals surface area contributed by atoms with Crippen LogP contribution in [-0.2, 0) is 7.05 Å². The quantitative estimate of drug-likeness (QED) is 0.769. The molecule has 0 saturated carbocycles. The molecule has 2 heterocycles. The predicted molar refractivity (Wildman–Crippen MR) is 56.9 cm³/mol. The normalized spacial score (nSPS) is 12.0. The van der Waals surface area contributed by atoms with Crippen LogP contribution in [0.15, 0.2) is 33.1 Å². The maximum Gasteiger partial charge on any atom is 0.315 e. The van der Waals surface area contributed by atoms with E-state index in [0.717, 1.165) is 0 Å². The lowest BCUT2D eigenvalue weighted by atomic mass is 10.4. The Morgan fingerprint density at radius 1 is 1.60 bits per heavy atom. The number of hydrogen-bond acceptors (Lipinski definition) is 3. The molecule has 78 valence electrons. The van der Waals surface area contributed by atoms with Crippen LogP contribution in [0.3, 0.4) is 0 Å². The van der Waals surface area contributed by atoms with Crippen molar-refractivity contribution in [1.82, 2.24) is 4.57 Å². The number of nitrogens with zero attached hydrogens (tertiary/aromatic N) is 2. The van der Waals surface area contributed by atoms with Crippen LogP contribution in [-0.4, -0.2) is 10.5 Å². The highest BCUT2D eigenvalue weighted by Gasteiger charge is 2.09. The van der Waals surface area contributed by atoms with Crippen LogP contribution < -0.4 is 4.80 Å². The Morgan fingerprint density at radius 3 is 2.93 bits per heavy atom. The van der Waals surface area contributed by atoms with Crippen molar-refractivity contribution < 1.29 is 9.21 Å². The van der Waals surface area contributed by atoms with Crippen molar-refractivity contribution in [2.45, 2.75) is 0 Å². The first kappa shape index (κ1) is 10.2. The molecule has 0 aliphatic heterocycles. The monoisotopic (exact) mass is 242 g/mol. The Hall–Kier alpha value is -1.33. The van der Waals surface area contributed by atoms with Gasteiger partial charge >= 0.3 is 5.91 Å². The lowest BCUT2D eigenvalue weighted by Crippen LogP contribution is -2.12. The van der Waals surface area contributed by atoms with Crippen molar-refractivity contribution in [3.63, 3.8) is 0 Å². The predicted octanol–water partition coefficient (Wildman–Crippen LogP) is 2.07. The zero-order valence-electron chi connectivity index (χ0n) is 7.81. The van der Waals surface area contributed by atoms with Crippen LogP contribution in [0.2, 0.25) is 5.22 Å². The smallest absolute Gasteiger partial charge is 0.315 e. The molecule has 0 aliphatic rings. The molecule has 15 heavy (non-hydrogen) atoms. The van der Waals surface area contributed by atoms with E-state index < -0.39 is 5.91 Å². The maximum absolute atomic E-state index is 11.6. The van der Waals surface area contributed by atoms with Crippen molar-refractivity contribution in [2.24, 2.45) is 12.0 Å². The van der Waals surface area contributed by atoms with Crippen molar-refractivity contribution in [1.29, 1.82) is 0 Å². The van der Waals surface area contributed by atoms with E-state index in [1.807, 2.05) is 18.6 Å². The van der Waals surface area contributed by atoms with Crippen LogP contribution >= 0.6 is 22.9 Å². The summed E-state index contributed by atoms with van der Waals surface area (Å²) in [6, 6.07) is 3.01. The first-order valence-electron chi connectivity index (χ1n) is 4.11. The van der Waals surface area contributed by atoms with E-state index in [1.165, 1.54) is 23.5 Å². The van der Waals surface area contributed by atoms with Crippen molar-refractivity contribution in [3.8, 4) is 0 Å². The maximum atomic E-state index is 11.6. The number of rotatable bonds is 1. The van der Waals surface area contributed by atoms with Gasteiger partial charge in [0.05, 0.1) is 0 Å². The standard InChI is InChI=1S/C9H7ClN2O2S/c1-12-4-5-15-9(12)11-8(13)6-2-3-7(10)14-6/h2-5H,1H3. The van der Waals surface area contributed by atoms with Gasteiger partial charge in [0.25, 0.3) is 0 Å². The van der Waals surface area contributed by atoms with Gasteiger partial charge in [-0.25, -0.2) is 0 Å². The second-order valence-electron chi connectivity index (χ2n) is 2.82. The Kier molecular flexibility index (Phi) is 2.75. The highest BCUT2D eigenvalue weighted by atomic mass is 35.5. The molecule has 0 N–H and O–H groups in total. The number of aryl methyl sites for hydroxylation is 1. The molecule has 0 aliphatic carbocycles. The second-order valence-corrected chi connectivity index (χ2v) is 4.06. The van der Waals surface area contributed by atoms with Crippen LogP contribution in [0.25, 0.3) is 0 Å². The number of halogens is 1. The van der Waals surface area contributed by atoms with Crippen LogP contribution in [0, 0.1) is 0 Å². The third kappa shape index (κ3) is 2.19. The second kappa shape index (κ2) is 4.04. The molecule has 0 fully saturated rings. The summed E-state index contributed by atoms with van der Waals surface area (Å²) in [5, 5.41) is 2.03. The van der Waals surface area contributed by atoms with Gasteiger partial charge in [-0.2, -0.15) is 4.99 Å². The van der Waals surface area contributed by atoms with Gasteiger partial charge in [-0.15, -0.1) is 11.3 Å². The Labute approximate surface area is 94.4 Å². The van der Waals surface area contributed by atoms with Gasteiger partial charge in [0.15, 0.2) is 15.8 Å². The molecule has 4 nitrogen and oxygen atoms in total. The minimum atomic E-state index is -0.431. The van der Waals surface area contributed by atoms with Crippen LogP contribution in [0.4, 0.5) is 0 Å². The molecule has 6 heteroatoms. The fourth-order valence-electron chi connectivity index (χ4n) is 1.01. The summed E-state index contributed by atoms with van der Waals surface area (Å²) < 4.78 is 6.71. The van der Waals surface area contributed by atoms with E-state index >= 15 is 0 Å². The van der Waals surface area contributed by atoms with Gasteiger partial charge in [0.2, 0.25) is 0 Å².